The first-order chi connectivity index (χ1) is 22.0. The highest BCUT2D eigenvalue weighted by atomic mass is 16.7. The van der Waals surface area contributed by atoms with Crippen molar-refractivity contribution in [1.29, 1.82) is 0 Å². The molecule has 8 heteroatoms. The summed E-state index contributed by atoms with van der Waals surface area (Å²) in [5, 5.41) is 5.76. The first-order valence-corrected chi connectivity index (χ1v) is 17.8. The molecule has 2 rings (SSSR count). The van der Waals surface area contributed by atoms with Crippen LogP contribution in [0.4, 0.5) is 0 Å². The minimum Gasteiger partial charge on any atom is -0.456 e. The molecule has 0 saturated carbocycles. The summed E-state index contributed by atoms with van der Waals surface area (Å²) in [6, 6.07) is 9.40. The van der Waals surface area contributed by atoms with Gasteiger partial charge in [0.25, 0.3) is 0 Å². The second-order valence-corrected chi connectivity index (χ2v) is 13.7. The minimum absolute atomic E-state index is 0.00494. The number of amides is 2. The molecule has 1 aliphatic rings. The number of ether oxygens (including phenoxy) is 3. The molecule has 0 aromatic heterocycles. The van der Waals surface area contributed by atoms with E-state index in [1.165, 1.54) is 57.8 Å². The van der Waals surface area contributed by atoms with E-state index < -0.39 is 29.4 Å². The van der Waals surface area contributed by atoms with Crippen molar-refractivity contribution in [3.63, 3.8) is 0 Å². The maximum absolute atomic E-state index is 12.9. The first kappa shape index (κ1) is 39.5. The molecular weight excluding hydrogens is 580 g/mol. The van der Waals surface area contributed by atoms with E-state index in [9.17, 15) is 14.4 Å². The fourth-order valence-corrected chi connectivity index (χ4v) is 5.47. The lowest BCUT2D eigenvalue weighted by molar-refractivity contribution is -0.304. The summed E-state index contributed by atoms with van der Waals surface area (Å²) in [5.41, 5.74) is 0.307. The largest absolute Gasteiger partial charge is 0.456 e. The molecule has 46 heavy (non-hydrogen) atoms. The fourth-order valence-electron chi connectivity index (χ4n) is 5.47. The van der Waals surface area contributed by atoms with Gasteiger partial charge in [0.2, 0.25) is 11.8 Å². The van der Waals surface area contributed by atoms with E-state index in [1.807, 2.05) is 44.2 Å². The quantitative estimate of drug-likeness (QED) is 0.0710. The van der Waals surface area contributed by atoms with Gasteiger partial charge in [-0.2, -0.15) is 0 Å². The number of unbranched alkanes of at least 4 members (excludes halogenated alkanes) is 11. The third-order valence-corrected chi connectivity index (χ3v) is 8.37. The van der Waals surface area contributed by atoms with Gasteiger partial charge in [-0.05, 0) is 51.5 Å². The van der Waals surface area contributed by atoms with Crippen molar-refractivity contribution in [3.05, 3.63) is 48.0 Å². The zero-order chi connectivity index (χ0) is 33.7. The Morgan fingerprint density at radius 1 is 0.848 bits per heavy atom. The van der Waals surface area contributed by atoms with Gasteiger partial charge in [0, 0.05) is 18.4 Å². The Hall–Kier alpha value is -2.71. The predicted molar refractivity (Wildman–Crippen MR) is 184 cm³/mol. The van der Waals surface area contributed by atoms with Crippen molar-refractivity contribution in [2.75, 3.05) is 19.7 Å². The van der Waals surface area contributed by atoms with E-state index in [0.29, 0.717) is 13.0 Å². The fraction of sp³-hybridized carbons (Fsp3) is 0.711. The summed E-state index contributed by atoms with van der Waals surface area (Å²) in [7, 11) is 0. The van der Waals surface area contributed by atoms with Crippen LogP contribution in [0, 0.1) is 5.41 Å². The van der Waals surface area contributed by atoms with E-state index in [2.05, 4.69) is 29.7 Å². The summed E-state index contributed by atoms with van der Waals surface area (Å²) in [5.74, 6) is -1.62. The van der Waals surface area contributed by atoms with E-state index in [4.69, 9.17) is 14.2 Å². The molecule has 1 aliphatic heterocycles. The molecule has 1 heterocycles. The van der Waals surface area contributed by atoms with Crippen LogP contribution in [0.2, 0.25) is 0 Å². The maximum atomic E-state index is 12.9. The molecule has 2 amide bonds. The highest BCUT2D eigenvalue weighted by molar-refractivity contribution is 5.82. The van der Waals surface area contributed by atoms with Crippen molar-refractivity contribution in [2.24, 2.45) is 5.41 Å². The zero-order valence-electron chi connectivity index (χ0n) is 29.4. The second-order valence-electron chi connectivity index (χ2n) is 13.7. The van der Waals surface area contributed by atoms with Gasteiger partial charge < -0.3 is 24.8 Å². The summed E-state index contributed by atoms with van der Waals surface area (Å²) >= 11 is 0. The van der Waals surface area contributed by atoms with Crippen LogP contribution in [-0.2, 0) is 28.6 Å². The van der Waals surface area contributed by atoms with Crippen molar-refractivity contribution in [1.82, 2.24) is 10.6 Å². The van der Waals surface area contributed by atoms with E-state index >= 15 is 0 Å². The molecule has 2 unspecified atom stereocenters. The van der Waals surface area contributed by atoms with Crippen LogP contribution in [0.3, 0.4) is 0 Å². The van der Waals surface area contributed by atoms with Crippen LogP contribution < -0.4 is 10.6 Å². The van der Waals surface area contributed by atoms with E-state index in [1.54, 1.807) is 13.8 Å². The van der Waals surface area contributed by atoms with Crippen molar-refractivity contribution >= 4 is 17.8 Å². The predicted octanol–water partition coefficient (Wildman–Crippen LogP) is 8.11. The molecule has 0 spiro atoms. The molecule has 1 aromatic carbocycles. The summed E-state index contributed by atoms with van der Waals surface area (Å²) in [6.07, 6.45) is 19.6. The maximum Gasteiger partial charge on any atom is 0.308 e. The Balaban J connectivity index is 1.63. The molecule has 1 saturated heterocycles. The van der Waals surface area contributed by atoms with Crippen LogP contribution in [0.25, 0.3) is 0 Å². The Morgan fingerprint density at radius 3 is 2.11 bits per heavy atom. The van der Waals surface area contributed by atoms with Crippen molar-refractivity contribution in [3.8, 4) is 0 Å². The van der Waals surface area contributed by atoms with Gasteiger partial charge in [-0.1, -0.05) is 115 Å². The number of allylic oxidation sites excluding steroid dienone is 2. The van der Waals surface area contributed by atoms with Gasteiger partial charge in [-0.3, -0.25) is 14.4 Å². The lowest BCUT2D eigenvalue weighted by Gasteiger charge is -2.44. The van der Waals surface area contributed by atoms with Gasteiger partial charge in [-0.25, -0.2) is 0 Å². The second kappa shape index (κ2) is 22.0. The van der Waals surface area contributed by atoms with Gasteiger partial charge in [-0.15, -0.1) is 0 Å². The molecule has 1 fully saturated rings. The van der Waals surface area contributed by atoms with Crippen molar-refractivity contribution < 1.29 is 28.6 Å². The standard InChI is InChI=1S/C38H62N2O6/c1-6-7-8-9-10-11-12-13-14-15-16-17-18-19-23-26-33(41)40-29-32(31-24-21-20-22-25-31)45-34(42)27-28-39-36(43)35-37(2,3)30-44-38(4,5)46-35/h13-14,20-22,24-25,32,35H,6-12,15-19,23,26-30H2,1-5H3,(H,39,43)(H,40,41). The van der Waals surface area contributed by atoms with E-state index in [0.717, 1.165) is 31.2 Å². The summed E-state index contributed by atoms with van der Waals surface area (Å²) in [4.78, 5) is 38.2. The number of carbonyl (C=O) groups is 3. The Kier molecular flexibility index (Phi) is 18.8. The van der Waals surface area contributed by atoms with Crippen LogP contribution in [0.1, 0.15) is 143 Å². The Morgan fingerprint density at radius 2 is 1.46 bits per heavy atom. The molecule has 0 bridgehead atoms. The Bertz CT molecular complexity index is 1040. The first-order valence-electron chi connectivity index (χ1n) is 17.8. The van der Waals surface area contributed by atoms with Crippen LogP contribution >= 0.6 is 0 Å². The molecular formula is C38H62N2O6. The normalized spacial score (nSPS) is 17.8. The van der Waals surface area contributed by atoms with Gasteiger partial charge in [0.15, 0.2) is 5.79 Å². The molecule has 2 N–H and O–H groups in total. The number of esters is 1. The number of carbonyl (C=O) groups excluding carboxylic acids is 3. The third kappa shape index (κ3) is 16.7. The average molecular weight is 643 g/mol. The SMILES string of the molecule is CCCCCCCCC=CCCCCCCCC(=O)NCC(OC(=O)CCNC(=O)C1OC(C)(C)OCC1(C)C)c1ccccc1. The molecule has 1 aromatic rings. The van der Waals surface area contributed by atoms with Crippen LogP contribution in [0.5, 0.6) is 0 Å². The minimum atomic E-state index is -0.853. The zero-order valence-corrected chi connectivity index (χ0v) is 29.4. The van der Waals surface area contributed by atoms with Crippen LogP contribution in [-0.4, -0.2) is 49.4 Å². The molecule has 0 radical (unpaired) electrons. The molecule has 2 atom stereocenters. The summed E-state index contributed by atoms with van der Waals surface area (Å²) < 4.78 is 17.3. The lowest BCUT2D eigenvalue weighted by Crippen LogP contribution is -2.56. The van der Waals surface area contributed by atoms with Gasteiger partial charge in [0.1, 0.15) is 12.2 Å². The van der Waals surface area contributed by atoms with Crippen molar-refractivity contribution in [2.45, 2.75) is 149 Å². The monoisotopic (exact) mass is 642 g/mol. The molecule has 260 valence electrons. The average Bonchev–Trinajstić information content (AvgIpc) is 3.02. The summed E-state index contributed by atoms with van der Waals surface area (Å²) in [6.45, 7) is 10.4. The smallest absolute Gasteiger partial charge is 0.308 e. The number of nitrogens with one attached hydrogen (secondary N) is 2. The van der Waals surface area contributed by atoms with Crippen LogP contribution in [0.15, 0.2) is 42.5 Å². The highest BCUT2D eigenvalue weighted by Gasteiger charge is 2.45. The van der Waals surface area contributed by atoms with Gasteiger partial charge >= 0.3 is 5.97 Å². The topological polar surface area (TPSA) is 103 Å². The number of rotatable bonds is 23. The lowest BCUT2D eigenvalue weighted by atomic mass is 9.85. The number of benzene rings is 1. The molecule has 8 nitrogen and oxygen atoms in total. The Labute approximate surface area is 278 Å². The highest BCUT2D eigenvalue weighted by Crippen LogP contribution is 2.34. The number of hydrogen-bond acceptors (Lipinski definition) is 6. The number of hydrogen-bond donors (Lipinski definition) is 2. The van der Waals surface area contributed by atoms with E-state index in [-0.39, 0.29) is 31.3 Å². The molecule has 0 aliphatic carbocycles. The third-order valence-electron chi connectivity index (χ3n) is 8.37. The van der Waals surface area contributed by atoms with Gasteiger partial charge in [0.05, 0.1) is 19.6 Å².